The van der Waals surface area contributed by atoms with E-state index in [0.29, 0.717) is 0 Å². The minimum Gasteiger partial charge on any atom is -0.399 e. The number of nitrogens with zero attached hydrogens (tertiary/aromatic N) is 3. The van der Waals surface area contributed by atoms with Crippen LogP contribution in [0.3, 0.4) is 0 Å². The predicted molar refractivity (Wildman–Crippen MR) is 106 cm³/mol. The number of imidazole rings is 1. The van der Waals surface area contributed by atoms with E-state index in [4.69, 9.17) is 14.3 Å². The van der Waals surface area contributed by atoms with Gasteiger partial charge in [-0.3, -0.25) is 0 Å². The van der Waals surface area contributed by atoms with Crippen LogP contribution in [0.25, 0.3) is 11.0 Å². The van der Waals surface area contributed by atoms with Crippen molar-refractivity contribution in [2.45, 2.75) is 58.2 Å². The lowest BCUT2D eigenvalue weighted by Crippen LogP contribution is -2.41. The van der Waals surface area contributed by atoms with Crippen LogP contribution >= 0.6 is 0 Å². The Labute approximate surface area is 156 Å². The number of likely N-dealkylation sites (tertiary alicyclic amines) is 1. The summed E-state index contributed by atoms with van der Waals surface area (Å²) < 4.78 is 14.6. The van der Waals surface area contributed by atoms with Crippen molar-refractivity contribution in [1.82, 2.24) is 14.5 Å². The predicted octanol–water partition coefficient (Wildman–Crippen LogP) is 2.51. The number of hydrogen-bond acceptors (Lipinski definition) is 4. The van der Waals surface area contributed by atoms with Crippen LogP contribution in [-0.2, 0) is 22.8 Å². The van der Waals surface area contributed by atoms with Gasteiger partial charge >= 0.3 is 7.12 Å². The van der Waals surface area contributed by atoms with Crippen molar-refractivity contribution in [2.24, 2.45) is 7.05 Å². The lowest BCUT2D eigenvalue weighted by Gasteiger charge is -2.32. The lowest BCUT2D eigenvalue weighted by atomic mass is 9.79. The number of aryl methyl sites for hydroxylation is 1. The number of aromatic nitrogens is 2. The molecule has 0 spiro atoms. The summed E-state index contributed by atoms with van der Waals surface area (Å²) >= 11 is 0. The fourth-order valence-electron chi connectivity index (χ4n) is 3.87. The zero-order chi connectivity index (χ0) is 18.5. The molecule has 0 N–H and O–H groups in total. The molecule has 1 aromatic carbocycles. The summed E-state index contributed by atoms with van der Waals surface area (Å²) in [5.74, 6) is 1.15. The Hall–Kier alpha value is -1.37. The molecule has 2 aliphatic heterocycles. The Morgan fingerprint density at radius 3 is 2.38 bits per heavy atom. The molecule has 0 radical (unpaired) electrons. The van der Waals surface area contributed by atoms with Crippen molar-refractivity contribution in [3.8, 4) is 0 Å². The molecule has 0 amide bonds. The van der Waals surface area contributed by atoms with E-state index in [2.05, 4.69) is 62.4 Å². The third-order valence-electron chi connectivity index (χ3n) is 6.37. The molecule has 0 bridgehead atoms. The third kappa shape index (κ3) is 3.08. The van der Waals surface area contributed by atoms with E-state index in [9.17, 15) is 0 Å². The zero-order valence-electron chi connectivity index (χ0n) is 16.7. The normalized spacial score (nSPS) is 22.6. The van der Waals surface area contributed by atoms with Gasteiger partial charge in [-0.25, -0.2) is 4.98 Å². The molecule has 2 fully saturated rings. The van der Waals surface area contributed by atoms with Gasteiger partial charge in [0.2, 0.25) is 0 Å². The van der Waals surface area contributed by atoms with E-state index >= 15 is 0 Å². The van der Waals surface area contributed by atoms with Crippen LogP contribution in [0.5, 0.6) is 0 Å². The molecule has 6 heteroatoms. The van der Waals surface area contributed by atoms with Gasteiger partial charge in [-0.05, 0) is 71.2 Å². The summed E-state index contributed by atoms with van der Waals surface area (Å²) in [6.45, 7) is 11.9. The molecule has 0 atom stereocenters. The minimum atomic E-state index is -0.327. The minimum absolute atomic E-state index is 0.319. The first-order chi connectivity index (χ1) is 12.3. The Balaban J connectivity index is 1.56. The Bertz CT molecular complexity index is 793. The highest BCUT2D eigenvalue weighted by molar-refractivity contribution is 6.62. The van der Waals surface area contributed by atoms with Crippen LogP contribution in [0.1, 0.15) is 46.4 Å². The number of fused-ring (bicyclic) bond motifs is 1. The average molecular weight is 355 g/mol. The van der Waals surface area contributed by atoms with Crippen LogP contribution in [0.4, 0.5) is 0 Å². The summed E-state index contributed by atoms with van der Waals surface area (Å²) in [5.41, 5.74) is 2.61. The Morgan fingerprint density at radius 1 is 1.08 bits per heavy atom. The molecule has 5 nitrogen and oxygen atoms in total. The molecular formula is C20H30BN3O2. The van der Waals surface area contributed by atoms with Crippen molar-refractivity contribution >= 4 is 23.6 Å². The fourth-order valence-corrected chi connectivity index (χ4v) is 3.87. The maximum Gasteiger partial charge on any atom is 0.494 e. The van der Waals surface area contributed by atoms with Crippen LogP contribution < -0.4 is 5.46 Å². The molecule has 0 unspecified atom stereocenters. The van der Waals surface area contributed by atoms with Crippen LogP contribution in [0, 0.1) is 0 Å². The van der Waals surface area contributed by atoms with Crippen LogP contribution in [-0.4, -0.2) is 52.4 Å². The smallest absolute Gasteiger partial charge is 0.399 e. The molecule has 1 aromatic heterocycles. The average Bonchev–Trinajstić information content (AvgIpc) is 3.24. The first-order valence-electron chi connectivity index (χ1n) is 9.80. The fraction of sp³-hybridized carbons (Fsp3) is 0.650. The van der Waals surface area contributed by atoms with Crippen molar-refractivity contribution < 1.29 is 9.31 Å². The summed E-state index contributed by atoms with van der Waals surface area (Å²) in [7, 11) is 1.79. The largest absolute Gasteiger partial charge is 0.494 e. The maximum atomic E-state index is 6.20. The molecule has 4 rings (SSSR count). The van der Waals surface area contributed by atoms with Gasteiger partial charge in [0.25, 0.3) is 0 Å². The quantitative estimate of drug-likeness (QED) is 0.791. The SMILES string of the molecule is Cn1c(CCN2CCCC2)nc2ccc(B3OC(C)(C)C(C)(C)O3)cc21. The molecule has 26 heavy (non-hydrogen) atoms. The van der Waals surface area contributed by atoms with Crippen molar-refractivity contribution in [3.63, 3.8) is 0 Å². The number of rotatable bonds is 4. The van der Waals surface area contributed by atoms with Gasteiger partial charge < -0.3 is 18.8 Å². The van der Waals surface area contributed by atoms with Gasteiger partial charge in [0.15, 0.2) is 0 Å². The molecule has 2 aliphatic rings. The molecule has 0 aliphatic carbocycles. The maximum absolute atomic E-state index is 6.20. The highest BCUT2D eigenvalue weighted by Gasteiger charge is 2.51. The molecule has 2 aromatic rings. The monoisotopic (exact) mass is 355 g/mol. The second-order valence-corrected chi connectivity index (χ2v) is 8.72. The van der Waals surface area contributed by atoms with Gasteiger partial charge in [0.1, 0.15) is 5.82 Å². The Kier molecular flexibility index (Phi) is 4.41. The summed E-state index contributed by atoms with van der Waals surface area (Å²) in [6, 6.07) is 6.35. The van der Waals surface area contributed by atoms with Gasteiger partial charge in [-0.15, -0.1) is 0 Å². The van der Waals surface area contributed by atoms with Gasteiger partial charge in [-0.2, -0.15) is 0 Å². The summed E-state index contributed by atoms with van der Waals surface area (Å²) in [5, 5.41) is 0. The number of hydrogen-bond donors (Lipinski definition) is 0. The van der Waals surface area contributed by atoms with E-state index in [1.54, 1.807) is 0 Å². The lowest BCUT2D eigenvalue weighted by molar-refractivity contribution is 0.00578. The number of benzene rings is 1. The van der Waals surface area contributed by atoms with Gasteiger partial charge in [0, 0.05) is 20.0 Å². The van der Waals surface area contributed by atoms with E-state index in [1.807, 2.05) is 0 Å². The molecule has 3 heterocycles. The van der Waals surface area contributed by atoms with Crippen molar-refractivity contribution in [2.75, 3.05) is 19.6 Å². The zero-order valence-corrected chi connectivity index (χ0v) is 16.7. The van der Waals surface area contributed by atoms with Gasteiger partial charge in [0.05, 0.1) is 22.2 Å². The van der Waals surface area contributed by atoms with Gasteiger partial charge in [-0.1, -0.05) is 6.07 Å². The molecule has 140 valence electrons. The standard InChI is InChI=1S/C20H30BN3O2/c1-19(2)20(3,4)26-21(25-19)15-8-9-16-17(14-15)23(5)18(22-16)10-13-24-11-6-7-12-24/h8-9,14H,6-7,10-13H2,1-5H3. The first-order valence-corrected chi connectivity index (χ1v) is 9.80. The molecule has 2 saturated heterocycles. The first kappa shape index (κ1) is 18.0. The van der Waals surface area contributed by atoms with E-state index < -0.39 is 0 Å². The molecule has 0 saturated carbocycles. The van der Waals surface area contributed by atoms with Crippen LogP contribution in [0.2, 0.25) is 0 Å². The highest BCUT2D eigenvalue weighted by Crippen LogP contribution is 2.36. The summed E-state index contributed by atoms with van der Waals surface area (Å²) in [4.78, 5) is 7.39. The van der Waals surface area contributed by atoms with E-state index in [-0.39, 0.29) is 18.3 Å². The second kappa shape index (κ2) is 6.36. The molecular weight excluding hydrogens is 325 g/mol. The highest BCUT2D eigenvalue weighted by atomic mass is 16.7. The third-order valence-corrected chi connectivity index (χ3v) is 6.37. The second-order valence-electron chi connectivity index (χ2n) is 8.72. The van der Waals surface area contributed by atoms with E-state index in [1.165, 1.54) is 25.9 Å². The summed E-state index contributed by atoms with van der Waals surface area (Å²) in [6.07, 6.45) is 3.66. The van der Waals surface area contributed by atoms with E-state index in [0.717, 1.165) is 35.3 Å². The van der Waals surface area contributed by atoms with Crippen molar-refractivity contribution in [3.05, 3.63) is 24.0 Å². The van der Waals surface area contributed by atoms with Crippen LogP contribution in [0.15, 0.2) is 18.2 Å². The Morgan fingerprint density at radius 2 is 1.73 bits per heavy atom. The topological polar surface area (TPSA) is 39.5 Å². The van der Waals surface area contributed by atoms with Crippen molar-refractivity contribution in [1.29, 1.82) is 0 Å².